The monoisotopic (exact) mass is 661 g/mol. The van der Waals surface area contributed by atoms with Crippen molar-refractivity contribution in [1.29, 1.82) is 0 Å². The number of fused-ring (bicyclic) bond motifs is 3. The number of benzene rings is 2. The molecule has 7 rings (SSSR count). The molecule has 256 valence electrons. The average Bonchev–Trinajstić information content (AvgIpc) is 3.45. The smallest absolute Gasteiger partial charge is 0.320 e. The quantitative estimate of drug-likeness (QED) is 0.355. The summed E-state index contributed by atoms with van der Waals surface area (Å²) in [4.78, 5) is 37.1. The van der Waals surface area contributed by atoms with Crippen LogP contribution in [0.5, 0.6) is 5.75 Å². The number of methoxy groups -OCH3 is 2. The van der Waals surface area contributed by atoms with Crippen molar-refractivity contribution >= 4 is 6.03 Å². The highest BCUT2D eigenvalue weighted by molar-refractivity contribution is 5.75. The van der Waals surface area contributed by atoms with Gasteiger partial charge in [-0.25, -0.2) is 18.6 Å². The minimum absolute atomic E-state index is 0.0198. The van der Waals surface area contributed by atoms with Crippen molar-refractivity contribution in [3.8, 4) is 17.0 Å². The highest BCUT2D eigenvalue weighted by Crippen LogP contribution is 2.59. The number of aromatic nitrogens is 2. The molecule has 3 aromatic rings. The first-order valence-electron chi connectivity index (χ1n) is 17.1. The Morgan fingerprint density at radius 1 is 1.04 bits per heavy atom. The number of amides is 2. The van der Waals surface area contributed by atoms with E-state index in [4.69, 9.17) is 14.5 Å². The van der Waals surface area contributed by atoms with Gasteiger partial charge in [-0.3, -0.25) is 9.36 Å². The van der Waals surface area contributed by atoms with E-state index in [1.807, 2.05) is 29.2 Å². The third kappa shape index (κ3) is 5.48. The van der Waals surface area contributed by atoms with Crippen LogP contribution in [0.4, 0.5) is 13.6 Å². The molecule has 2 amide bonds. The summed E-state index contributed by atoms with van der Waals surface area (Å²) in [5.41, 5.74) is 0.373. The predicted octanol–water partition coefficient (Wildman–Crippen LogP) is 5.88. The summed E-state index contributed by atoms with van der Waals surface area (Å²) in [7, 11) is 3.33. The number of para-hydroxylation sites is 1. The first kappa shape index (κ1) is 32.7. The molecule has 11 heteroatoms. The number of carbonyl (C=O) groups excluding carboxylic acids is 1. The van der Waals surface area contributed by atoms with Crippen LogP contribution in [0, 0.1) is 17.0 Å². The fourth-order valence-corrected chi connectivity index (χ4v) is 9.17. The highest BCUT2D eigenvalue weighted by Gasteiger charge is 2.61. The van der Waals surface area contributed by atoms with E-state index in [1.165, 1.54) is 6.07 Å². The molecule has 2 unspecified atom stereocenters. The summed E-state index contributed by atoms with van der Waals surface area (Å²) in [5, 5.41) is 3.54. The van der Waals surface area contributed by atoms with Crippen molar-refractivity contribution < 1.29 is 23.0 Å². The zero-order chi connectivity index (χ0) is 33.8. The summed E-state index contributed by atoms with van der Waals surface area (Å²) < 4.78 is 43.5. The standard InChI is InChI=1S/C37H45F2N5O4/c1-23(2)40-26-12-15-43(31(18-26)28-17-25(38)9-10-29(28)39)35(46)42-16-14-37(48-4)22-44-33(45)19-30(27-7-5-6-8-32(27)47-3)41-34(44)24-11-13-36(37,20-24)21-42/h5-10,17,19,23-24,26,31,40H,11-16,18,20-22H2,1-4H3/t24?,26-,31+,36?,37-/m1/s1. The number of carbonyl (C=O) groups is 1. The predicted molar refractivity (Wildman–Crippen MR) is 178 cm³/mol. The molecule has 4 aliphatic rings. The lowest BCUT2D eigenvalue weighted by molar-refractivity contribution is -0.157. The van der Waals surface area contributed by atoms with E-state index in [2.05, 4.69) is 19.2 Å². The van der Waals surface area contributed by atoms with Crippen LogP contribution >= 0.6 is 0 Å². The second-order valence-electron chi connectivity index (χ2n) is 14.4. The lowest BCUT2D eigenvalue weighted by Gasteiger charge is -2.55. The second kappa shape index (κ2) is 12.6. The molecule has 2 bridgehead atoms. The van der Waals surface area contributed by atoms with Crippen LogP contribution in [-0.4, -0.2) is 76.9 Å². The maximum atomic E-state index is 15.3. The van der Waals surface area contributed by atoms with Crippen molar-refractivity contribution in [2.24, 2.45) is 5.41 Å². The van der Waals surface area contributed by atoms with E-state index in [1.54, 1.807) is 29.8 Å². The Morgan fingerprint density at radius 2 is 1.85 bits per heavy atom. The molecular weight excluding hydrogens is 616 g/mol. The number of nitrogens with zero attached hydrogens (tertiary/aromatic N) is 4. The normalized spacial score (nSPS) is 28.2. The summed E-state index contributed by atoms with van der Waals surface area (Å²) in [6, 6.07) is 12.2. The van der Waals surface area contributed by atoms with Crippen molar-refractivity contribution in [2.75, 3.05) is 33.9 Å². The molecule has 1 aliphatic carbocycles. The Morgan fingerprint density at radius 3 is 2.62 bits per heavy atom. The number of rotatable bonds is 6. The molecule has 3 fully saturated rings. The number of halogens is 2. The average molecular weight is 662 g/mol. The van der Waals surface area contributed by atoms with Gasteiger partial charge in [0.15, 0.2) is 0 Å². The molecular formula is C37H45F2N5O4. The minimum atomic E-state index is -0.663. The van der Waals surface area contributed by atoms with Crippen LogP contribution in [0.1, 0.15) is 75.7 Å². The van der Waals surface area contributed by atoms with E-state index in [0.29, 0.717) is 50.5 Å². The summed E-state index contributed by atoms with van der Waals surface area (Å²) >= 11 is 0. The zero-order valence-corrected chi connectivity index (χ0v) is 28.2. The number of hydrogen-bond donors (Lipinski definition) is 1. The topological polar surface area (TPSA) is 88.9 Å². The maximum absolute atomic E-state index is 15.3. The molecule has 9 nitrogen and oxygen atoms in total. The summed E-state index contributed by atoms with van der Waals surface area (Å²) in [6.07, 6.45) is 4.14. The fraction of sp³-hybridized carbons (Fsp3) is 0.541. The highest BCUT2D eigenvalue weighted by atomic mass is 19.1. The molecule has 1 saturated carbocycles. The number of piperidine rings is 2. The van der Waals surface area contributed by atoms with Crippen LogP contribution in [0.2, 0.25) is 0 Å². The number of ether oxygens (including phenoxy) is 2. The molecule has 1 aromatic heterocycles. The van der Waals surface area contributed by atoms with Crippen LogP contribution in [-0.2, 0) is 11.3 Å². The molecule has 1 spiro atoms. The van der Waals surface area contributed by atoms with Gasteiger partial charge in [0.2, 0.25) is 0 Å². The van der Waals surface area contributed by atoms with Gasteiger partial charge in [-0.15, -0.1) is 0 Å². The van der Waals surface area contributed by atoms with Gasteiger partial charge in [0, 0.05) is 67.4 Å². The molecule has 2 saturated heterocycles. The Kier molecular flexibility index (Phi) is 8.56. The largest absolute Gasteiger partial charge is 0.496 e. The van der Waals surface area contributed by atoms with Gasteiger partial charge in [0.25, 0.3) is 5.56 Å². The number of nitrogens with one attached hydrogen (secondary N) is 1. The van der Waals surface area contributed by atoms with E-state index in [0.717, 1.165) is 49.2 Å². The molecule has 5 atom stereocenters. The molecule has 4 heterocycles. The first-order valence-corrected chi connectivity index (χ1v) is 17.1. The Balaban J connectivity index is 1.20. The lowest BCUT2D eigenvalue weighted by Crippen LogP contribution is -2.64. The summed E-state index contributed by atoms with van der Waals surface area (Å²) in [5.74, 6) is 0.400. The molecule has 0 radical (unpaired) electrons. The van der Waals surface area contributed by atoms with Crippen molar-refractivity contribution in [2.45, 2.75) is 88.6 Å². The van der Waals surface area contributed by atoms with Gasteiger partial charge in [0.05, 0.1) is 31.0 Å². The van der Waals surface area contributed by atoms with Crippen LogP contribution in [0.3, 0.4) is 0 Å². The molecule has 1 N–H and O–H groups in total. The lowest BCUT2D eigenvalue weighted by atomic mass is 9.65. The maximum Gasteiger partial charge on any atom is 0.320 e. The Hall–Kier alpha value is -3.83. The third-order valence-corrected chi connectivity index (χ3v) is 11.4. The molecule has 2 aromatic carbocycles. The van der Waals surface area contributed by atoms with E-state index < -0.39 is 28.7 Å². The molecule has 48 heavy (non-hydrogen) atoms. The minimum Gasteiger partial charge on any atom is -0.496 e. The third-order valence-electron chi connectivity index (χ3n) is 11.4. The van der Waals surface area contributed by atoms with Crippen molar-refractivity contribution in [1.82, 2.24) is 24.7 Å². The van der Waals surface area contributed by atoms with E-state index >= 15 is 4.39 Å². The number of likely N-dealkylation sites (tertiary alicyclic amines) is 2. The van der Waals surface area contributed by atoms with Gasteiger partial charge in [-0.1, -0.05) is 26.0 Å². The van der Waals surface area contributed by atoms with Gasteiger partial charge in [0.1, 0.15) is 23.2 Å². The van der Waals surface area contributed by atoms with Gasteiger partial charge in [-0.05, 0) is 68.9 Å². The van der Waals surface area contributed by atoms with Crippen LogP contribution < -0.4 is 15.6 Å². The van der Waals surface area contributed by atoms with Crippen molar-refractivity contribution in [3.05, 3.63) is 81.9 Å². The van der Waals surface area contributed by atoms with Crippen LogP contribution in [0.25, 0.3) is 11.3 Å². The van der Waals surface area contributed by atoms with Gasteiger partial charge >= 0.3 is 6.03 Å². The number of hydrogen-bond acceptors (Lipinski definition) is 6. The zero-order valence-electron chi connectivity index (χ0n) is 28.2. The van der Waals surface area contributed by atoms with E-state index in [9.17, 15) is 14.0 Å². The first-order chi connectivity index (χ1) is 23.1. The number of urea groups is 1. The van der Waals surface area contributed by atoms with Gasteiger partial charge in [-0.2, -0.15) is 0 Å². The summed E-state index contributed by atoms with van der Waals surface area (Å²) in [6.45, 7) is 5.81. The van der Waals surface area contributed by atoms with E-state index in [-0.39, 0.29) is 35.2 Å². The van der Waals surface area contributed by atoms with Crippen LogP contribution in [0.15, 0.2) is 53.3 Å². The Labute approximate surface area is 280 Å². The fourth-order valence-electron chi connectivity index (χ4n) is 9.17. The second-order valence-corrected chi connectivity index (χ2v) is 14.4. The Bertz CT molecular complexity index is 1770. The molecule has 3 aliphatic heterocycles. The van der Waals surface area contributed by atoms with Crippen molar-refractivity contribution in [3.63, 3.8) is 0 Å². The van der Waals surface area contributed by atoms with Gasteiger partial charge < -0.3 is 24.6 Å². The SMILES string of the molecule is COc1ccccc1-c1cc(=O)n2c(n1)C1CCC3(C1)CN(C(=O)N1CC[C@@H](NC(C)C)C[C@H]1c1cc(F)ccc1F)CC[C@@]3(OC)C2.